The number of nitrogens with zero attached hydrogens (tertiary/aromatic N) is 2. The third-order valence-electron chi connectivity index (χ3n) is 3.78. The summed E-state index contributed by atoms with van der Waals surface area (Å²) in [5.41, 5.74) is 2.75. The van der Waals surface area contributed by atoms with E-state index < -0.39 is 16.6 Å². The van der Waals surface area contributed by atoms with E-state index in [4.69, 9.17) is 4.43 Å². The highest BCUT2D eigenvalue weighted by molar-refractivity contribution is 6.83. The minimum atomic E-state index is -1.78. The van der Waals surface area contributed by atoms with E-state index in [0.717, 1.165) is 22.7 Å². The van der Waals surface area contributed by atoms with Crippen LogP contribution in [0.5, 0.6) is 5.75 Å². The third kappa shape index (κ3) is 6.18. The van der Waals surface area contributed by atoms with Crippen LogP contribution >= 0.6 is 0 Å². The van der Waals surface area contributed by atoms with Crippen LogP contribution in [0.15, 0.2) is 53.5 Å². The Morgan fingerprint density at radius 1 is 0.963 bits per heavy atom. The molecule has 2 aromatic carbocycles. The van der Waals surface area contributed by atoms with Gasteiger partial charge >= 0.3 is 0 Å². The number of hydrogen-bond donors (Lipinski definition) is 0. The molecule has 0 fully saturated rings. The van der Waals surface area contributed by atoms with Crippen molar-refractivity contribution in [2.45, 2.75) is 46.2 Å². The molecular formula is C21H30N2O2Si2. The quantitative estimate of drug-likeness (QED) is 0.453. The summed E-state index contributed by atoms with van der Waals surface area (Å²) in [5, 5.41) is 0. The molecule has 0 radical (unpaired) electrons. The highest BCUT2D eigenvalue weighted by atomic mass is 28.4. The second kappa shape index (κ2) is 8.23. The molecule has 27 heavy (non-hydrogen) atoms. The number of para-hydroxylation sites is 1. The number of benzene rings is 2. The second-order valence-corrected chi connectivity index (χ2v) is 17.8. The largest absolute Gasteiger partial charge is 0.544 e. The Labute approximate surface area is 165 Å². The van der Waals surface area contributed by atoms with E-state index in [1.54, 1.807) is 6.92 Å². The van der Waals surface area contributed by atoms with Gasteiger partial charge in [0.05, 0.1) is 5.69 Å². The van der Waals surface area contributed by atoms with Gasteiger partial charge in [0.2, 0.25) is 14.2 Å². The summed E-state index contributed by atoms with van der Waals surface area (Å²) in [4.78, 5) is 16.7. The van der Waals surface area contributed by atoms with E-state index in [9.17, 15) is 4.79 Å². The van der Waals surface area contributed by atoms with Gasteiger partial charge in [0.1, 0.15) is 5.75 Å². The van der Waals surface area contributed by atoms with Crippen LogP contribution in [0.4, 0.5) is 11.4 Å². The molecule has 0 atom stereocenters. The fourth-order valence-corrected chi connectivity index (χ4v) is 5.60. The van der Waals surface area contributed by atoms with Crippen molar-refractivity contribution < 1.29 is 9.22 Å². The summed E-state index contributed by atoms with van der Waals surface area (Å²) in [6.07, 6.45) is 1.84. The topological polar surface area (TPSA) is 41.9 Å². The predicted molar refractivity (Wildman–Crippen MR) is 121 cm³/mol. The Kier molecular flexibility index (Phi) is 6.43. The number of aliphatic imine (C=N–C) groups is 1. The van der Waals surface area contributed by atoms with Crippen LogP contribution in [0.3, 0.4) is 0 Å². The Morgan fingerprint density at radius 2 is 1.56 bits per heavy atom. The highest BCUT2D eigenvalue weighted by Gasteiger charge is 2.27. The Bertz CT molecular complexity index is 819. The molecule has 0 aliphatic carbocycles. The van der Waals surface area contributed by atoms with Gasteiger partial charge in [-0.25, -0.2) is 0 Å². The van der Waals surface area contributed by atoms with Crippen LogP contribution in [0.1, 0.15) is 12.5 Å². The molecule has 0 N–H and O–H groups in total. The molecule has 0 bridgehead atoms. The van der Waals surface area contributed by atoms with Crippen molar-refractivity contribution in [1.29, 1.82) is 0 Å². The van der Waals surface area contributed by atoms with E-state index >= 15 is 0 Å². The number of anilines is 1. The first-order chi connectivity index (χ1) is 12.5. The Morgan fingerprint density at radius 3 is 2.07 bits per heavy atom. The molecule has 0 saturated carbocycles. The standard InChI is InChI=1S/C21H30N2O2Si2/c1-17(24)23(26(2,3)4)20-14-12-19(13-15-20)22-16-18-10-8-9-11-21(18)25-27(5,6)7/h8-16H,1-7H3. The van der Waals surface area contributed by atoms with Crippen molar-refractivity contribution in [3.8, 4) is 5.75 Å². The average Bonchev–Trinajstić information content (AvgIpc) is 2.52. The first kappa shape index (κ1) is 21.1. The molecule has 0 saturated heterocycles. The van der Waals surface area contributed by atoms with Gasteiger partial charge in [-0.15, -0.1) is 0 Å². The van der Waals surface area contributed by atoms with E-state index in [0.29, 0.717) is 0 Å². The third-order valence-corrected chi connectivity index (χ3v) is 6.53. The minimum absolute atomic E-state index is 0.0860. The Balaban J connectivity index is 2.24. The zero-order chi connectivity index (χ0) is 20.2. The lowest BCUT2D eigenvalue weighted by atomic mass is 10.2. The predicted octanol–water partition coefficient (Wildman–Crippen LogP) is 5.84. The van der Waals surface area contributed by atoms with E-state index in [2.05, 4.69) is 44.3 Å². The van der Waals surface area contributed by atoms with Gasteiger partial charge in [-0.05, 0) is 56.0 Å². The molecule has 2 aromatic rings. The van der Waals surface area contributed by atoms with Crippen LogP contribution in [0.25, 0.3) is 0 Å². The lowest BCUT2D eigenvalue weighted by Crippen LogP contribution is -2.49. The lowest BCUT2D eigenvalue weighted by Gasteiger charge is -2.33. The summed E-state index contributed by atoms with van der Waals surface area (Å²) in [5.74, 6) is 0.960. The smallest absolute Gasteiger partial charge is 0.242 e. The van der Waals surface area contributed by atoms with Crippen molar-refractivity contribution in [3.63, 3.8) is 0 Å². The normalized spacial score (nSPS) is 12.3. The lowest BCUT2D eigenvalue weighted by molar-refractivity contribution is -0.115. The van der Waals surface area contributed by atoms with Crippen LogP contribution in [0, 0.1) is 0 Å². The van der Waals surface area contributed by atoms with Gasteiger partial charge in [0, 0.05) is 24.4 Å². The number of carbonyl (C=O) groups excluding carboxylic acids is 1. The first-order valence-electron chi connectivity index (χ1n) is 9.20. The minimum Gasteiger partial charge on any atom is -0.544 e. The Hall–Kier alpha value is -2.19. The number of amides is 1. The molecule has 0 heterocycles. The van der Waals surface area contributed by atoms with E-state index in [-0.39, 0.29) is 5.91 Å². The average molecular weight is 399 g/mol. The summed E-state index contributed by atoms with van der Waals surface area (Å²) in [6, 6.07) is 15.8. The maximum atomic E-state index is 12.1. The summed E-state index contributed by atoms with van der Waals surface area (Å²) in [7, 11) is -3.46. The molecule has 0 aliphatic heterocycles. The van der Waals surface area contributed by atoms with Gasteiger partial charge in [-0.1, -0.05) is 31.8 Å². The molecule has 144 valence electrons. The van der Waals surface area contributed by atoms with Gasteiger partial charge in [-0.3, -0.25) is 9.79 Å². The molecule has 6 heteroatoms. The van der Waals surface area contributed by atoms with Crippen LogP contribution in [0.2, 0.25) is 39.3 Å². The second-order valence-electron chi connectivity index (χ2n) is 8.55. The zero-order valence-electron chi connectivity index (χ0n) is 17.4. The van der Waals surface area contributed by atoms with Gasteiger partial charge in [0.25, 0.3) is 0 Å². The fourth-order valence-electron chi connectivity index (χ4n) is 2.88. The molecule has 2 rings (SSSR count). The number of rotatable bonds is 6. The molecule has 0 unspecified atom stereocenters. The molecule has 0 aliphatic rings. The highest BCUT2D eigenvalue weighted by Crippen LogP contribution is 2.26. The molecule has 1 amide bonds. The summed E-state index contributed by atoms with van der Waals surface area (Å²) in [6.45, 7) is 14.6. The fraction of sp³-hybridized carbons (Fsp3) is 0.333. The van der Waals surface area contributed by atoms with Gasteiger partial charge in [0.15, 0.2) is 8.24 Å². The number of hydrogen-bond acceptors (Lipinski definition) is 3. The van der Waals surface area contributed by atoms with E-state index in [1.165, 1.54) is 0 Å². The SMILES string of the molecule is CC(=O)N(c1ccc(N=Cc2ccccc2O[Si](C)(C)C)cc1)[Si](C)(C)C. The van der Waals surface area contributed by atoms with Crippen molar-refractivity contribution in [1.82, 2.24) is 0 Å². The van der Waals surface area contributed by atoms with Crippen LogP contribution < -0.4 is 8.99 Å². The van der Waals surface area contributed by atoms with Crippen LogP contribution in [-0.2, 0) is 4.79 Å². The van der Waals surface area contributed by atoms with Crippen molar-refractivity contribution in [2.24, 2.45) is 4.99 Å². The summed E-state index contributed by atoms with van der Waals surface area (Å²) < 4.78 is 8.07. The van der Waals surface area contributed by atoms with Crippen molar-refractivity contribution in [2.75, 3.05) is 4.57 Å². The maximum Gasteiger partial charge on any atom is 0.242 e. The van der Waals surface area contributed by atoms with Crippen molar-refractivity contribution in [3.05, 3.63) is 54.1 Å². The molecule has 0 aromatic heterocycles. The van der Waals surface area contributed by atoms with E-state index in [1.807, 2.05) is 59.3 Å². The zero-order valence-corrected chi connectivity index (χ0v) is 19.4. The monoisotopic (exact) mass is 398 g/mol. The molecule has 4 nitrogen and oxygen atoms in total. The van der Waals surface area contributed by atoms with Gasteiger partial charge in [-0.2, -0.15) is 0 Å². The summed E-state index contributed by atoms with van der Waals surface area (Å²) >= 11 is 0. The van der Waals surface area contributed by atoms with Crippen LogP contribution in [-0.4, -0.2) is 28.7 Å². The van der Waals surface area contributed by atoms with Crippen molar-refractivity contribution >= 4 is 40.0 Å². The first-order valence-corrected chi connectivity index (χ1v) is 16.1. The molecular weight excluding hydrogens is 368 g/mol. The molecule has 0 spiro atoms. The van der Waals surface area contributed by atoms with Gasteiger partial charge < -0.3 is 8.99 Å². The number of carbonyl (C=O) groups is 1. The maximum absolute atomic E-state index is 12.1.